The zero-order chi connectivity index (χ0) is 21.1. The van der Waals surface area contributed by atoms with Crippen LogP contribution >= 0.6 is 0 Å². The van der Waals surface area contributed by atoms with Gasteiger partial charge in [-0.1, -0.05) is 43.0 Å². The van der Waals surface area contributed by atoms with Gasteiger partial charge in [0.1, 0.15) is 18.1 Å². The molecule has 0 aliphatic carbocycles. The van der Waals surface area contributed by atoms with Crippen LogP contribution in [-0.2, 0) is 6.54 Å². The number of aliphatic imine (C=N–C) groups is 1. The average Bonchev–Trinajstić information content (AvgIpc) is 2.75. The van der Waals surface area contributed by atoms with Gasteiger partial charge < -0.3 is 25.0 Å². The van der Waals surface area contributed by atoms with Crippen LogP contribution in [0.1, 0.15) is 17.2 Å². The molecule has 0 aliphatic heterocycles. The molecule has 156 valence electrons. The number of para-hydroxylation sites is 1. The van der Waals surface area contributed by atoms with Crippen LogP contribution in [0.4, 0.5) is 0 Å². The first-order chi connectivity index (χ1) is 14.1. The molecule has 6 nitrogen and oxygen atoms in total. The van der Waals surface area contributed by atoms with Crippen LogP contribution in [0.2, 0.25) is 0 Å². The molecule has 29 heavy (non-hydrogen) atoms. The molecule has 2 rings (SSSR count). The molecule has 0 aliphatic rings. The Morgan fingerprint density at radius 1 is 1.17 bits per heavy atom. The highest BCUT2D eigenvalue weighted by molar-refractivity contribution is 5.79. The second kappa shape index (κ2) is 11.8. The Morgan fingerprint density at radius 2 is 1.97 bits per heavy atom. The molecule has 0 saturated carbocycles. The molecule has 0 spiro atoms. The van der Waals surface area contributed by atoms with Crippen LogP contribution in [0.15, 0.2) is 66.2 Å². The standard InChI is InChI=1S/C23H32N4O2/c1-6-14-29-22-13-8-7-10-19(22)16-25-23(24-2)26-17-21(27(3)4)18-11-9-12-20(15-18)28-5/h6-13,15,21H,1,14,16-17H2,2-5H3,(H2,24,25,26). The van der Waals surface area contributed by atoms with Crippen LogP contribution in [0, 0.1) is 0 Å². The van der Waals surface area contributed by atoms with E-state index in [4.69, 9.17) is 9.47 Å². The fourth-order valence-electron chi connectivity index (χ4n) is 2.98. The predicted molar refractivity (Wildman–Crippen MR) is 120 cm³/mol. The molecule has 1 unspecified atom stereocenters. The van der Waals surface area contributed by atoms with Gasteiger partial charge in [0, 0.05) is 25.7 Å². The fraction of sp³-hybridized carbons (Fsp3) is 0.348. The lowest BCUT2D eigenvalue weighted by Crippen LogP contribution is -2.41. The molecule has 0 radical (unpaired) electrons. The number of methoxy groups -OCH3 is 1. The van der Waals surface area contributed by atoms with E-state index >= 15 is 0 Å². The lowest BCUT2D eigenvalue weighted by Gasteiger charge is -2.26. The van der Waals surface area contributed by atoms with Crippen molar-refractivity contribution in [3.8, 4) is 11.5 Å². The summed E-state index contributed by atoms with van der Waals surface area (Å²) in [5, 5.41) is 6.78. The van der Waals surface area contributed by atoms with Gasteiger partial charge in [-0.2, -0.15) is 0 Å². The zero-order valence-corrected chi connectivity index (χ0v) is 17.8. The molecule has 0 amide bonds. The summed E-state index contributed by atoms with van der Waals surface area (Å²) in [5.41, 5.74) is 2.25. The van der Waals surface area contributed by atoms with Gasteiger partial charge in [0.05, 0.1) is 13.2 Å². The Kier molecular flexibility index (Phi) is 9.05. The predicted octanol–water partition coefficient (Wildman–Crippen LogP) is 3.23. The molecule has 2 aromatic carbocycles. The Hall–Kier alpha value is -2.99. The minimum atomic E-state index is 0.173. The van der Waals surface area contributed by atoms with Gasteiger partial charge in [-0.15, -0.1) is 0 Å². The van der Waals surface area contributed by atoms with Crippen molar-refractivity contribution in [1.82, 2.24) is 15.5 Å². The highest BCUT2D eigenvalue weighted by Gasteiger charge is 2.15. The Labute approximate surface area is 174 Å². The average molecular weight is 397 g/mol. The van der Waals surface area contributed by atoms with Gasteiger partial charge in [-0.3, -0.25) is 4.99 Å². The van der Waals surface area contributed by atoms with Crippen molar-refractivity contribution in [2.75, 3.05) is 41.4 Å². The van der Waals surface area contributed by atoms with Crippen molar-refractivity contribution in [3.05, 3.63) is 72.3 Å². The van der Waals surface area contributed by atoms with Crippen molar-refractivity contribution in [3.63, 3.8) is 0 Å². The van der Waals surface area contributed by atoms with E-state index in [9.17, 15) is 0 Å². The number of nitrogens with one attached hydrogen (secondary N) is 2. The first-order valence-electron chi connectivity index (χ1n) is 9.65. The highest BCUT2D eigenvalue weighted by Crippen LogP contribution is 2.22. The second-order valence-electron chi connectivity index (χ2n) is 6.77. The van der Waals surface area contributed by atoms with Crippen LogP contribution < -0.4 is 20.1 Å². The number of rotatable bonds is 10. The summed E-state index contributed by atoms with van der Waals surface area (Å²) in [6.45, 7) is 5.50. The minimum absolute atomic E-state index is 0.173. The molecule has 2 aromatic rings. The largest absolute Gasteiger partial charge is 0.497 e. The molecule has 0 saturated heterocycles. The van der Waals surface area contributed by atoms with E-state index in [1.54, 1.807) is 20.2 Å². The summed E-state index contributed by atoms with van der Waals surface area (Å²) >= 11 is 0. The van der Waals surface area contributed by atoms with Gasteiger partial charge in [0.25, 0.3) is 0 Å². The van der Waals surface area contributed by atoms with Crippen LogP contribution in [0.3, 0.4) is 0 Å². The van der Waals surface area contributed by atoms with E-state index < -0.39 is 0 Å². The SMILES string of the molecule is C=CCOc1ccccc1CNC(=NC)NCC(c1cccc(OC)c1)N(C)C. The minimum Gasteiger partial charge on any atom is -0.497 e. The highest BCUT2D eigenvalue weighted by atomic mass is 16.5. The first-order valence-corrected chi connectivity index (χ1v) is 9.65. The summed E-state index contributed by atoms with van der Waals surface area (Å²) in [6.07, 6.45) is 1.74. The van der Waals surface area contributed by atoms with Crippen molar-refractivity contribution >= 4 is 5.96 Å². The smallest absolute Gasteiger partial charge is 0.191 e. The van der Waals surface area contributed by atoms with Gasteiger partial charge >= 0.3 is 0 Å². The van der Waals surface area contributed by atoms with E-state index in [-0.39, 0.29) is 6.04 Å². The Balaban J connectivity index is 1.99. The Morgan fingerprint density at radius 3 is 2.66 bits per heavy atom. The molecule has 6 heteroatoms. The zero-order valence-electron chi connectivity index (χ0n) is 17.8. The normalized spacial score (nSPS) is 12.4. The molecule has 0 heterocycles. The number of hydrogen-bond acceptors (Lipinski definition) is 4. The number of ether oxygens (including phenoxy) is 2. The van der Waals surface area contributed by atoms with Crippen molar-refractivity contribution in [2.45, 2.75) is 12.6 Å². The molecular weight excluding hydrogens is 364 g/mol. The van der Waals surface area contributed by atoms with Gasteiger partial charge in [0.2, 0.25) is 0 Å². The van der Waals surface area contributed by atoms with Crippen molar-refractivity contribution in [1.29, 1.82) is 0 Å². The lowest BCUT2D eigenvalue weighted by atomic mass is 10.1. The maximum absolute atomic E-state index is 5.72. The van der Waals surface area contributed by atoms with Gasteiger partial charge in [0.15, 0.2) is 5.96 Å². The van der Waals surface area contributed by atoms with E-state index in [0.29, 0.717) is 19.7 Å². The molecule has 2 N–H and O–H groups in total. The Bertz CT molecular complexity index is 805. The third-order valence-electron chi connectivity index (χ3n) is 4.56. The summed E-state index contributed by atoms with van der Waals surface area (Å²) < 4.78 is 11.1. The van der Waals surface area contributed by atoms with Crippen molar-refractivity contribution in [2.24, 2.45) is 4.99 Å². The lowest BCUT2D eigenvalue weighted by molar-refractivity contribution is 0.297. The first kappa shape index (κ1) is 22.3. The van der Waals surface area contributed by atoms with Gasteiger partial charge in [-0.05, 0) is 37.9 Å². The topological polar surface area (TPSA) is 58.1 Å². The summed E-state index contributed by atoms with van der Waals surface area (Å²) in [4.78, 5) is 6.52. The molecule has 1 atom stereocenters. The molecule has 0 fully saturated rings. The number of benzene rings is 2. The van der Waals surface area contributed by atoms with Crippen LogP contribution in [-0.4, -0.2) is 52.3 Å². The second-order valence-corrected chi connectivity index (χ2v) is 6.77. The summed E-state index contributed by atoms with van der Waals surface area (Å²) in [6, 6.07) is 16.3. The molecular formula is C23H32N4O2. The molecule has 0 bridgehead atoms. The quantitative estimate of drug-likeness (QED) is 0.367. The number of nitrogens with zero attached hydrogens (tertiary/aromatic N) is 2. The maximum atomic E-state index is 5.72. The summed E-state index contributed by atoms with van der Waals surface area (Å²) in [5.74, 6) is 2.43. The van der Waals surface area contributed by atoms with E-state index in [0.717, 1.165) is 23.0 Å². The number of hydrogen-bond donors (Lipinski definition) is 2. The third kappa shape index (κ3) is 6.84. The van der Waals surface area contributed by atoms with E-state index in [2.05, 4.69) is 53.3 Å². The van der Waals surface area contributed by atoms with Crippen LogP contribution in [0.5, 0.6) is 11.5 Å². The molecule has 0 aromatic heterocycles. The van der Waals surface area contributed by atoms with E-state index in [1.807, 2.05) is 36.4 Å². The summed E-state index contributed by atoms with van der Waals surface area (Å²) in [7, 11) is 7.58. The van der Waals surface area contributed by atoms with Crippen molar-refractivity contribution < 1.29 is 9.47 Å². The van der Waals surface area contributed by atoms with Gasteiger partial charge in [-0.25, -0.2) is 0 Å². The monoisotopic (exact) mass is 396 g/mol. The number of likely N-dealkylation sites (N-methyl/N-ethyl adjacent to an activating group) is 1. The fourth-order valence-corrected chi connectivity index (χ4v) is 2.98. The third-order valence-corrected chi connectivity index (χ3v) is 4.56. The number of guanidine groups is 1. The van der Waals surface area contributed by atoms with Crippen LogP contribution in [0.25, 0.3) is 0 Å². The maximum Gasteiger partial charge on any atom is 0.191 e. The van der Waals surface area contributed by atoms with E-state index in [1.165, 1.54) is 5.56 Å².